The average molecular weight is 405 g/mol. The molecule has 1 aliphatic heterocycles. The lowest BCUT2D eigenvalue weighted by molar-refractivity contribution is 0.137. The van der Waals surface area contributed by atoms with E-state index >= 15 is 0 Å². The van der Waals surface area contributed by atoms with Crippen LogP contribution in [0.1, 0.15) is 18.4 Å². The average Bonchev–Trinajstić information content (AvgIpc) is 3.52. The summed E-state index contributed by atoms with van der Waals surface area (Å²) in [7, 11) is 0. The predicted octanol–water partition coefficient (Wildman–Crippen LogP) is 3.27. The summed E-state index contributed by atoms with van der Waals surface area (Å²) >= 11 is 0. The molecule has 2 fully saturated rings. The van der Waals surface area contributed by atoms with Gasteiger partial charge in [0.05, 0.1) is 0 Å². The molecule has 5 rings (SSSR count). The number of amides is 2. The van der Waals surface area contributed by atoms with Gasteiger partial charge in [-0.1, -0.05) is 24.3 Å². The molecule has 1 aromatic heterocycles. The highest BCUT2D eigenvalue weighted by Crippen LogP contribution is 2.29. The molecule has 30 heavy (non-hydrogen) atoms. The topological polar surface area (TPSA) is 83.3 Å². The maximum atomic E-state index is 13.6. The van der Waals surface area contributed by atoms with Gasteiger partial charge in [0.1, 0.15) is 11.6 Å². The van der Waals surface area contributed by atoms with Crippen molar-refractivity contribution in [2.24, 2.45) is 0 Å². The van der Waals surface area contributed by atoms with Crippen molar-refractivity contribution in [1.29, 1.82) is 0 Å². The van der Waals surface area contributed by atoms with Crippen molar-refractivity contribution in [3.05, 3.63) is 60.0 Å². The van der Waals surface area contributed by atoms with E-state index in [9.17, 15) is 9.18 Å². The maximum absolute atomic E-state index is 13.6. The van der Waals surface area contributed by atoms with Crippen molar-refractivity contribution in [3.8, 4) is 11.1 Å². The number of pyridine rings is 1. The molecule has 7 heteroatoms. The molecule has 3 aromatic rings. The van der Waals surface area contributed by atoms with Crippen molar-refractivity contribution >= 4 is 22.6 Å². The molecule has 1 saturated carbocycles. The predicted molar refractivity (Wildman–Crippen MR) is 115 cm³/mol. The summed E-state index contributed by atoms with van der Waals surface area (Å²) in [5.74, 6) is 0.190. The minimum Gasteiger partial charge on any atom is -0.383 e. The molecular formula is C23H24FN5O. The third-order valence-corrected chi connectivity index (χ3v) is 5.81. The number of fused-ring (bicyclic) bond motifs is 1. The van der Waals surface area contributed by atoms with E-state index in [1.807, 2.05) is 29.2 Å². The third kappa shape index (κ3) is 3.80. The number of hydrogen-bond acceptors (Lipinski definition) is 4. The molecule has 0 atom stereocenters. The van der Waals surface area contributed by atoms with Crippen LogP contribution >= 0.6 is 0 Å². The van der Waals surface area contributed by atoms with Gasteiger partial charge in [-0.15, -0.1) is 0 Å². The second-order valence-corrected chi connectivity index (χ2v) is 8.15. The van der Waals surface area contributed by atoms with Crippen LogP contribution in [0.5, 0.6) is 0 Å². The first-order valence-corrected chi connectivity index (χ1v) is 10.3. The Balaban J connectivity index is 1.28. The number of nitrogens with one attached hydrogen (secondary N) is 2. The first-order chi connectivity index (χ1) is 14.6. The number of aromatic nitrogens is 1. The lowest BCUT2D eigenvalue weighted by Crippen LogP contribution is -2.61. The van der Waals surface area contributed by atoms with Gasteiger partial charge < -0.3 is 21.3 Å². The fraction of sp³-hybridized carbons (Fsp3) is 0.304. The fourth-order valence-electron chi connectivity index (χ4n) is 3.83. The van der Waals surface area contributed by atoms with Crippen LogP contribution in [-0.2, 0) is 6.54 Å². The summed E-state index contributed by atoms with van der Waals surface area (Å²) in [5.41, 5.74) is 8.89. The molecule has 4 N–H and O–H groups in total. The Kier molecular flexibility index (Phi) is 4.75. The van der Waals surface area contributed by atoms with Gasteiger partial charge in [0, 0.05) is 43.3 Å². The van der Waals surface area contributed by atoms with Crippen LogP contribution in [0.3, 0.4) is 0 Å². The molecule has 6 nitrogen and oxygen atoms in total. The Morgan fingerprint density at radius 1 is 1.10 bits per heavy atom. The number of benzene rings is 2. The number of carbonyl (C=O) groups is 1. The smallest absolute Gasteiger partial charge is 0.317 e. The molecule has 0 bridgehead atoms. The summed E-state index contributed by atoms with van der Waals surface area (Å²) < 4.78 is 13.6. The summed E-state index contributed by atoms with van der Waals surface area (Å²) in [6, 6.07) is 13.2. The summed E-state index contributed by atoms with van der Waals surface area (Å²) in [6.07, 6.45) is 3.99. The van der Waals surface area contributed by atoms with Gasteiger partial charge in [-0.2, -0.15) is 0 Å². The number of nitrogens with zero attached hydrogens (tertiary/aromatic N) is 2. The van der Waals surface area contributed by atoms with Crippen molar-refractivity contribution in [2.45, 2.75) is 31.5 Å². The molecule has 2 aromatic carbocycles. The van der Waals surface area contributed by atoms with E-state index in [4.69, 9.17) is 5.73 Å². The van der Waals surface area contributed by atoms with Crippen molar-refractivity contribution in [1.82, 2.24) is 20.5 Å². The molecule has 0 unspecified atom stereocenters. The number of likely N-dealkylation sites (tertiary alicyclic amines) is 1. The lowest BCUT2D eigenvalue weighted by Gasteiger charge is -2.39. The van der Waals surface area contributed by atoms with E-state index < -0.39 is 0 Å². The lowest BCUT2D eigenvalue weighted by atomic mass is 9.99. The van der Waals surface area contributed by atoms with Crippen LogP contribution in [0.25, 0.3) is 21.9 Å². The number of hydrogen-bond donors (Lipinski definition) is 3. The highest BCUT2D eigenvalue weighted by molar-refractivity contribution is 5.96. The van der Waals surface area contributed by atoms with Crippen LogP contribution in [0, 0.1) is 5.82 Å². The molecule has 2 amide bonds. The number of anilines is 1. The molecule has 2 aliphatic rings. The van der Waals surface area contributed by atoms with Crippen molar-refractivity contribution in [3.63, 3.8) is 0 Å². The highest BCUT2D eigenvalue weighted by Gasteiger charge is 2.33. The van der Waals surface area contributed by atoms with Crippen LogP contribution in [0.4, 0.5) is 15.0 Å². The Labute approximate surface area is 174 Å². The van der Waals surface area contributed by atoms with Crippen LogP contribution in [0.2, 0.25) is 0 Å². The van der Waals surface area contributed by atoms with E-state index in [0.29, 0.717) is 31.5 Å². The highest BCUT2D eigenvalue weighted by atomic mass is 19.1. The van der Waals surface area contributed by atoms with E-state index in [2.05, 4.69) is 15.6 Å². The summed E-state index contributed by atoms with van der Waals surface area (Å²) in [4.78, 5) is 18.2. The zero-order valence-corrected chi connectivity index (χ0v) is 16.6. The van der Waals surface area contributed by atoms with Gasteiger partial charge >= 0.3 is 6.03 Å². The van der Waals surface area contributed by atoms with Crippen LogP contribution in [0.15, 0.2) is 48.7 Å². The SMILES string of the molecule is Nc1ncc(CNC2CN(C(=O)NC3CC3)C2)c2ccc(-c3cccc(F)c3)cc12. The normalized spacial score (nSPS) is 16.5. The molecule has 0 radical (unpaired) electrons. The second-order valence-electron chi connectivity index (χ2n) is 8.15. The van der Waals surface area contributed by atoms with E-state index in [0.717, 1.165) is 40.3 Å². The van der Waals surface area contributed by atoms with Crippen molar-refractivity contribution < 1.29 is 9.18 Å². The molecule has 1 saturated heterocycles. The Morgan fingerprint density at radius 3 is 2.67 bits per heavy atom. The minimum absolute atomic E-state index is 0.0417. The number of rotatable bonds is 5. The number of urea groups is 1. The van der Waals surface area contributed by atoms with Gasteiger partial charge in [0.15, 0.2) is 0 Å². The second kappa shape index (κ2) is 7.57. The number of carbonyl (C=O) groups excluding carboxylic acids is 1. The first-order valence-electron chi connectivity index (χ1n) is 10.3. The van der Waals surface area contributed by atoms with E-state index in [1.54, 1.807) is 12.3 Å². The van der Waals surface area contributed by atoms with Crippen LogP contribution < -0.4 is 16.4 Å². The Bertz CT molecular complexity index is 1110. The first kappa shape index (κ1) is 18.8. The monoisotopic (exact) mass is 405 g/mol. The zero-order chi connectivity index (χ0) is 20.7. The molecule has 0 spiro atoms. The van der Waals surface area contributed by atoms with Gasteiger partial charge in [-0.3, -0.25) is 0 Å². The minimum atomic E-state index is -0.267. The molecule has 1 aliphatic carbocycles. The fourth-order valence-corrected chi connectivity index (χ4v) is 3.83. The van der Waals surface area contributed by atoms with Crippen LogP contribution in [-0.4, -0.2) is 41.1 Å². The van der Waals surface area contributed by atoms with E-state index in [1.165, 1.54) is 12.1 Å². The van der Waals surface area contributed by atoms with Gasteiger partial charge in [0.2, 0.25) is 0 Å². The number of nitrogen functional groups attached to an aromatic ring is 1. The zero-order valence-electron chi connectivity index (χ0n) is 16.6. The quantitative estimate of drug-likeness (QED) is 0.608. The maximum Gasteiger partial charge on any atom is 0.317 e. The van der Waals surface area contributed by atoms with Gasteiger partial charge in [0.25, 0.3) is 0 Å². The summed E-state index contributed by atoms with van der Waals surface area (Å²) in [6.45, 7) is 2.07. The summed E-state index contributed by atoms with van der Waals surface area (Å²) in [5, 5.41) is 8.40. The van der Waals surface area contributed by atoms with E-state index in [-0.39, 0.29) is 17.9 Å². The largest absolute Gasteiger partial charge is 0.383 e. The molecule has 2 heterocycles. The molecular weight excluding hydrogens is 381 g/mol. The number of nitrogens with two attached hydrogens (primary N) is 1. The van der Waals surface area contributed by atoms with Crippen molar-refractivity contribution in [2.75, 3.05) is 18.8 Å². The van der Waals surface area contributed by atoms with Gasteiger partial charge in [-0.25, -0.2) is 14.2 Å². The van der Waals surface area contributed by atoms with Gasteiger partial charge in [-0.05, 0) is 53.1 Å². The Morgan fingerprint density at radius 2 is 1.90 bits per heavy atom. The molecule has 154 valence electrons. The Hall–Kier alpha value is -3.19. The number of halogens is 1. The third-order valence-electron chi connectivity index (χ3n) is 5.81. The standard InChI is InChI=1S/C23H24FN5O/c24-17-3-1-2-14(8-17)15-4-7-20-16(11-27-22(25)21(20)9-15)10-26-19-12-29(13-19)23(30)28-18-5-6-18/h1-4,7-9,11,18-19,26H,5-6,10,12-13H2,(H2,25,27)(H,28,30).